The summed E-state index contributed by atoms with van der Waals surface area (Å²) in [5.41, 5.74) is -0.444. The number of nitrogens with zero attached hydrogens (tertiary/aromatic N) is 1. The molecule has 0 spiro atoms. The van der Waals surface area contributed by atoms with Gasteiger partial charge >= 0.3 is 6.18 Å². The van der Waals surface area contributed by atoms with Gasteiger partial charge in [0.15, 0.2) is 0 Å². The van der Waals surface area contributed by atoms with Crippen molar-refractivity contribution in [3.8, 4) is 0 Å². The lowest BCUT2D eigenvalue weighted by Gasteiger charge is -2.25. The molecule has 0 heterocycles. The molecule has 10 heteroatoms. The lowest BCUT2D eigenvalue weighted by Crippen LogP contribution is -2.41. The number of anilines is 1. The van der Waals surface area contributed by atoms with Crippen LogP contribution in [0, 0.1) is 6.92 Å². The summed E-state index contributed by atoms with van der Waals surface area (Å²) in [5.74, 6) is -0.636. The van der Waals surface area contributed by atoms with Crippen molar-refractivity contribution < 1.29 is 31.1 Å². The Morgan fingerprint density at radius 2 is 1.78 bits per heavy atom. The molecule has 2 aromatic rings. The monoisotopic (exact) mass is 472 g/mol. The first-order valence-electron chi connectivity index (χ1n) is 10.1. The highest BCUT2D eigenvalue weighted by molar-refractivity contribution is 7.92. The molecule has 0 aromatic heterocycles. The SMILES string of the molecule is Cc1ccc(S(=O)(=O)N(CC(=O)NCCCOC(C)C)c2cccc(C(F)(F)F)c2)cc1. The van der Waals surface area contributed by atoms with Crippen LogP contribution in [0.25, 0.3) is 0 Å². The Bertz CT molecular complexity index is 1010. The van der Waals surface area contributed by atoms with Gasteiger partial charge in [0.05, 0.1) is 22.3 Å². The standard InChI is InChI=1S/C22H27F3N2O4S/c1-16(2)31-13-5-12-26-21(28)15-27(19-7-4-6-18(14-19)22(23,24)25)32(29,30)20-10-8-17(3)9-11-20/h4,6-11,14,16H,5,12-13,15H2,1-3H3,(H,26,28). The summed E-state index contributed by atoms with van der Waals surface area (Å²) < 4.78 is 72.1. The molecule has 6 nitrogen and oxygen atoms in total. The normalized spacial score (nSPS) is 12.1. The van der Waals surface area contributed by atoms with E-state index in [0.717, 1.165) is 23.8 Å². The highest BCUT2D eigenvalue weighted by Crippen LogP contribution is 2.33. The Morgan fingerprint density at radius 3 is 2.38 bits per heavy atom. The number of hydrogen-bond donors (Lipinski definition) is 1. The van der Waals surface area contributed by atoms with Crippen LogP contribution < -0.4 is 9.62 Å². The lowest BCUT2D eigenvalue weighted by atomic mass is 10.2. The first kappa shape index (κ1) is 25.7. The topological polar surface area (TPSA) is 75.7 Å². The number of amides is 1. The molecule has 0 aliphatic carbocycles. The minimum absolute atomic E-state index is 0.0433. The Labute approximate surface area is 186 Å². The van der Waals surface area contributed by atoms with Crippen LogP contribution in [0.4, 0.5) is 18.9 Å². The first-order valence-corrected chi connectivity index (χ1v) is 11.5. The van der Waals surface area contributed by atoms with Gasteiger partial charge in [0.2, 0.25) is 5.91 Å². The molecule has 32 heavy (non-hydrogen) atoms. The van der Waals surface area contributed by atoms with Crippen molar-refractivity contribution in [2.45, 2.75) is 44.4 Å². The van der Waals surface area contributed by atoms with E-state index < -0.39 is 34.2 Å². The molecule has 0 aliphatic rings. The molecule has 0 saturated carbocycles. The van der Waals surface area contributed by atoms with Crippen LogP contribution in [0.5, 0.6) is 0 Å². The minimum atomic E-state index is -4.66. The molecule has 0 atom stereocenters. The fourth-order valence-corrected chi connectivity index (χ4v) is 4.21. The fourth-order valence-electron chi connectivity index (χ4n) is 2.80. The van der Waals surface area contributed by atoms with Gasteiger partial charge in [-0.05, 0) is 57.5 Å². The zero-order valence-electron chi connectivity index (χ0n) is 18.1. The van der Waals surface area contributed by atoms with E-state index in [9.17, 15) is 26.4 Å². The Morgan fingerprint density at radius 1 is 1.12 bits per heavy atom. The van der Waals surface area contributed by atoms with Crippen molar-refractivity contribution in [1.82, 2.24) is 5.32 Å². The van der Waals surface area contributed by atoms with E-state index in [1.807, 2.05) is 13.8 Å². The maximum absolute atomic E-state index is 13.2. The Balaban J connectivity index is 2.30. The molecule has 0 fully saturated rings. The van der Waals surface area contributed by atoms with E-state index >= 15 is 0 Å². The smallest absolute Gasteiger partial charge is 0.379 e. The average Bonchev–Trinajstić information content (AvgIpc) is 2.71. The van der Waals surface area contributed by atoms with Crippen molar-refractivity contribution in [1.29, 1.82) is 0 Å². The molecular weight excluding hydrogens is 445 g/mol. The third kappa shape index (κ3) is 7.23. The van der Waals surface area contributed by atoms with Gasteiger partial charge in [0.1, 0.15) is 6.54 Å². The van der Waals surface area contributed by atoms with E-state index in [4.69, 9.17) is 4.74 Å². The number of alkyl halides is 3. The van der Waals surface area contributed by atoms with Gasteiger partial charge in [-0.15, -0.1) is 0 Å². The second-order valence-corrected chi connectivity index (χ2v) is 9.36. The number of hydrogen-bond acceptors (Lipinski definition) is 4. The molecule has 0 aliphatic heterocycles. The van der Waals surface area contributed by atoms with Gasteiger partial charge < -0.3 is 10.1 Å². The van der Waals surface area contributed by atoms with Crippen LogP contribution in [0.3, 0.4) is 0 Å². The quantitative estimate of drug-likeness (QED) is 0.528. The molecule has 0 bridgehead atoms. The molecule has 176 valence electrons. The number of nitrogens with one attached hydrogen (secondary N) is 1. The average molecular weight is 473 g/mol. The van der Waals surface area contributed by atoms with Crippen molar-refractivity contribution in [2.75, 3.05) is 24.0 Å². The van der Waals surface area contributed by atoms with Gasteiger partial charge in [-0.3, -0.25) is 9.10 Å². The number of carbonyl (C=O) groups excluding carboxylic acids is 1. The van der Waals surface area contributed by atoms with Crippen LogP contribution in [-0.4, -0.2) is 40.1 Å². The van der Waals surface area contributed by atoms with E-state index in [1.165, 1.54) is 18.2 Å². The summed E-state index contributed by atoms with van der Waals surface area (Å²) in [7, 11) is -4.29. The lowest BCUT2D eigenvalue weighted by molar-refractivity contribution is -0.137. The molecule has 0 radical (unpaired) electrons. The van der Waals surface area contributed by atoms with Crippen LogP contribution in [0.1, 0.15) is 31.4 Å². The Hall–Kier alpha value is -2.59. The number of sulfonamides is 1. The zero-order valence-corrected chi connectivity index (χ0v) is 19.0. The molecule has 0 saturated heterocycles. The molecule has 0 unspecified atom stereocenters. The van der Waals surface area contributed by atoms with Crippen molar-refractivity contribution in [3.05, 3.63) is 59.7 Å². The first-order chi connectivity index (χ1) is 14.9. The van der Waals surface area contributed by atoms with Crippen LogP contribution in [-0.2, 0) is 25.7 Å². The molecule has 1 amide bonds. The highest BCUT2D eigenvalue weighted by Gasteiger charge is 2.33. The maximum Gasteiger partial charge on any atom is 0.416 e. The Kier molecular flexibility index (Phi) is 8.68. The number of ether oxygens (including phenoxy) is 1. The predicted octanol–water partition coefficient (Wildman–Crippen LogP) is 4.14. The van der Waals surface area contributed by atoms with Crippen molar-refractivity contribution in [2.24, 2.45) is 0 Å². The molecule has 1 N–H and O–H groups in total. The number of halogens is 3. The van der Waals surface area contributed by atoms with Crippen molar-refractivity contribution in [3.63, 3.8) is 0 Å². The van der Waals surface area contributed by atoms with Crippen molar-refractivity contribution >= 4 is 21.6 Å². The summed E-state index contributed by atoms with van der Waals surface area (Å²) in [6, 6.07) is 9.75. The second-order valence-electron chi connectivity index (χ2n) is 7.50. The summed E-state index contributed by atoms with van der Waals surface area (Å²) in [6.07, 6.45) is -4.10. The van der Waals surface area contributed by atoms with E-state index in [0.29, 0.717) is 17.3 Å². The van der Waals surface area contributed by atoms with Crippen LogP contribution >= 0.6 is 0 Å². The van der Waals surface area contributed by atoms with Gasteiger partial charge in [-0.2, -0.15) is 13.2 Å². The number of rotatable bonds is 10. The number of aryl methyl sites for hydroxylation is 1. The minimum Gasteiger partial charge on any atom is -0.379 e. The van der Waals surface area contributed by atoms with Gasteiger partial charge in [0, 0.05) is 13.2 Å². The number of benzene rings is 2. The van der Waals surface area contributed by atoms with Crippen LogP contribution in [0.2, 0.25) is 0 Å². The third-order valence-electron chi connectivity index (χ3n) is 4.45. The van der Waals surface area contributed by atoms with Crippen LogP contribution in [0.15, 0.2) is 53.4 Å². The highest BCUT2D eigenvalue weighted by atomic mass is 32.2. The zero-order chi connectivity index (χ0) is 23.9. The van der Waals surface area contributed by atoms with Gasteiger partial charge in [-0.25, -0.2) is 8.42 Å². The fraction of sp³-hybridized carbons (Fsp3) is 0.409. The largest absolute Gasteiger partial charge is 0.416 e. The summed E-state index contributed by atoms with van der Waals surface area (Å²) >= 11 is 0. The summed E-state index contributed by atoms with van der Waals surface area (Å²) in [4.78, 5) is 12.3. The van der Waals surface area contributed by atoms with Gasteiger partial charge in [-0.1, -0.05) is 23.8 Å². The molecule has 2 aromatic carbocycles. The molecule has 2 rings (SSSR count). The van der Waals surface area contributed by atoms with E-state index in [-0.39, 0.29) is 23.2 Å². The summed E-state index contributed by atoms with van der Waals surface area (Å²) in [6.45, 7) is 5.52. The number of carbonyl (C=O) groups is 1. The van der Waals surface area contributed by atoms with E-state index in [2.05, 4.69) is 5.32 Å². The third-order valence-corrected chi connectivity index (χ3v) is 6.24. The summed E-state index contributed by atoms with van der Waals surface area (Å²) in [5, 5.41) is 2.59. The van der Waals surface area contributed by atoms with Gasteiger partial charge in [0.25, 0.3) is 10.0 Å². The van der Waals surface area contributed by atoms with E-state index in [1.54, 1.807) is 19.1 Å². The maximum atomic E-state index is 13.2. The molecular formula is C22H27F3N2O4S. The second kappa shape index (κ2) is 10.8. The predicted molar refractivity (Wildman–Crippen MR) is 116 cm³/mol.